The van der Waals surface area contributed by atoms with Crippen LogP contribution in [-0.4, -0.2) is 72.2 Å². The summed E-state index contributed by atoms with van der Waals surface area (Å²) in [6, 6.07) is 13.8. The molecule has 0 radical (unpaired) electrons. The third-order valence-electron chi connectivity index (χ3n) is 6.13. The molecule has 0 aliphatic carbocycles. The summed E-state index contributed by atoms with van der Waals surface area (Å²) in [4.78, 5) is 14.5. The normalized spacial score (nSPS) is 17.6. The molecule has 0 spiro atoms. The number of anilines is 2. The fourth-order valence-corrected chi connectivity index (χ4v) is 4.37. The topological polar surface area (TPSA) is 91.7 Å². The number of nitrogens with one attached hydrogen (secondary N) is 2. The highest BCUT2D eigenvalue weighted by atomic mass is 16.5. The lowest BCUT2D eigenvalue weighted by Crippen LogP contribution is -2.44. The molecule has 32 heavy (non-hydrogen) atoms. The fourth-order valence-electron chi connectivity index (χ4n) is 4.37. The number of H-pyrrole nitrogens is 1. The van der Waals surface area contributed by atoms with Crippen LogP contribution in [0.1, 0.15) is 12.7 Å². The van der Waals surface area contributed by atoms with Crippen molar-refractivity contribution in [1.29, 1.82) is 5.41 Å². The molecule has 0 atom stereocenters. The van der Waals surface area contributed by atoms with Crippen LogP contribution in [0.5, 0.6) is 5.75 Å². The molecule has 2 aliphatic rings. The summed E-state index contributed by atoms with van der Waals surface area (Å²) in [5.74, 6) is 1.53. The number of fused-ring (bicyclic) bond motifs is 1. The van der Waals surface area contributed by atoms with E-state index in [0.717, 1.165) is 48.6 Å². The third-order valence-corrected chi connectivity index (χ3v) is 6.13. The Morgan fingerprint density at radius 1 is 1.12 bits per heavy atom. The number of ether oxygens (including phenoxy) is 1. The summed E-state index contributed by atoms with van der Waals surface area (Å²) in [7, 11) is 2.15. The van der Waals surface area contributed by atoms with Gasteiger partial charge in [0.1, 0.15) is 23.2 Å². The number of hydrogen-bond acceptors (Lipinski definition) is 6. The Bertz CT molecular complexity index is 1190. The molecule has 5 rings (SSSR count). The van der Waals surface area contributed by atoms with E-state index in [1.807, 2.05) is 37.3 Å². The van der Waals surface area contributed by atoms with Crippen LogP contribution in [0.4, 0.5) is 11.4 Å². The predicted octanol–water partition coefficient (Wildman–Crippen LogP) is 3.48. The van der Waals surface area contributed by atoms with Crippen molar-refractivity contribution in [2.75, 3.05) is 56.2 Å². The van der Waals surface area contributed by atoms with E-state index >= 15 is 0 Å². The van der Waals surface area contributed by atoms with Crippen LogP contribution in [0.3, 0.4) is 0 Å². The second-order valence-corrected chi connectivity index (χ2v) is 8.23. The minimum Gasteiger partial charge on any atom is -0.509 e. The molecule has 2 aliphatic heterocycles. The first kappa shape index (κ1) is 20.4. The number of rotatable bonds is 5. The van der Waals surface area contributed by atoms with E-state index < -0.39 is 0 Å². The first-order valence-electron chi connectivity index (χ1n) is 11.0. The number of benzene rings is 2. The Labute approximate surface area is 187 Å². The van der Waals surface area contributed by atoms with Crippen LogP contribution in [0.15, 0.2) is 48.2 Å². The number of imidazole rings is 1. The molecule has 1 aromatic heterocycles. The van der Waals surface area contributed by atoms with E-state index in [9.17, 15) is 5.11 Å². The number of nitrogens with zero attached hydrogens (tertiary/aromatic N) is 4. The SMILES string of the molecule is CCOc1ccccc1N1CC(O)=C(c2nc3ccc(N4CCN(C)CC4)cc3[nH]2)C1=N. The quantitative estimate of drug-likeness (QED) is 0.572. The summed E-state index contributed by atoms with van der Waals surface area (Å²) in [6.07, 6.45) is 0. The van der Waals surface area contributed by atoms with Crippen LogP contribution < -0.4 is 14.5 Å². The first-order valence-corrected chi connectivity index (χ1v) is 11.0. The molecule has 0 saturated carbocycles. The zero-order valence-corrected chi connectivity index (χ0v) is 18.4. The van der Waals surface area contributed by atoms with Gasteiger partial charge in [-0.3, -0.25) is 5.41 Å². The van der Waals surface area contributed by atoms with Crippen LogP contribution in [0.25, 0.3) is 16.6 Å². The molecule has 1 saturated heterocycles. The Morgan fingerprint density at radius 3 is 2.69 bits per heavy atom. The highest BCUT2D eigenvalue weighted by Gasteiger charge is 2.32. The lowest BCUT2D eigenvalue weighted by molar-refractivity contribution is 0.313. The molecule has 0 amide bonds. The maximum absolute atomic E-state index is 10.8. The maximum atomic E-state index is 10.8. The summed E-state index contributed by atoms with van der Waals surface area (Å²) < 4.78 is 5.73. The molecule has 8 heteroatoms. The number of para-hydroxylation sites is 2. The van der Waals surface area contributed by atoms with Gasteiger partial charge in [-0.25, -0.2) is 4.98 Å². The number of likely N-dealkylation sites (N-methyl/N-ethyl adjacent to an activating group) is 1. The maximum Gasteiger partial charge on any atom is 0.145 e. The van der Waals surface area contributed by atoms with Gasteiger partial charge in [0.2, 0.25) is 0 Å². The van der Waals surface area contributed by atoms with E-state index in [1.165, 1.54) is 0 Å². The van der Waals surface area contributed by atoms with Gasteiger partial charge in [0.05, 0.1) is 35.4 Å². The van der Waals surface area contributed by atoms with Gasteiger partial charge in [0.25, 0.3) is 0 Å². The molecule has 166 valence electrons. The van der Waals surface area contributed by atoms with Crippen molar-refractivity contribution in [3.63, 3.8) is 0 Å². The van der Waals surface area contributed by atoms with Gasteiger partial charge in [-0.1, -0.05) is 12.1 Å². The number of aliphatic hydroxyl groups excluding tert-OH is 1. The Kier molecular flexibility index (Phi) is 5.22. The third kappa shape index (κ3) is 3.56. The molecular weight excluding hydrogens is 404 g/mol. The lowest BCUT2D eigenvalue weighted by atomic mass is 10.2. The van der Waals surface area contributed by atoms with Crippen molar-refractivity contribution < 1.29 is 9.84 Å². The number of piperazine rings is 1. The van der Waals surface area contributed by atoms with Crippen LogP contribution >= 0.6 is 0 Å². The lowest BCUT2D eigenvalue weighted by Gasteiger charge is -2.34. The van der Waals surface area contributed by atoms with Crippen molar-refractivity contribution >= 4 is 33.8 Å². The van der Waals surface area contributed by atoms with Gasteiger partial charge in [-0.05, 0) is 44.3 Å². The van der Waals surface area contributed by atoms with Crippen LogP contribution in [0, 0.1) is 5.41 Å². The molecule has 3 aromatic rings. The van der Waals surface area contributed by atoms with E-state index in [0.29, 0.717) is 23.8 Å². The second kappa shape index (κ2) is 8.20. The Morgan fingerprint density at radius 2 is 1.91 bits per heavy atom. The molecule has 8 nitrogen and oxygen atoms in total. The van der Waals surface area contributed by atoms with Gasteiger partial charge in [0.15, 0.2) is 0 Å². The van der Waals surface area contributed by atoms with Gasteiger partial charge >= 0.3 is 0 Å². The summed E-state index contributed by atoms with van der Waals surface area (Å²) in [6.45, 7) is 6.75. The van der Waals surface area contributed by atoms with Gasteiger partial charge in [0, 0.05) is 31.9 Å². The number of amidine groups is 1. The molecule has 0 unspecified atom stereocenters. The van der Waals surface area contributed by atoms with Crippen molar-refractivity contribution in [3.8, 4) is 5.75 Å². The van der Waals surface area contributed by atoms with Gasteiger partial charge in [-0.2, -0.15) is 0 Å². The first-order chi connectivity index (χ1) is 15.5. The monoisotopic (exact) mass is 432 g/mol. The van der Waals surface area contributed by atoms with Crippen molar-refractivity contribution in [2.24, 2.45) is 0 Å². The number of aromatic nitrogens is 2. The molecule has 3 heterocycles. The standard InChI is InChI=1S/C24H28N6O2/c1-3-32-21-7-5-4-6-19(21)30-15-20(31)22(23(30)25)24-26-17-9-8-16(14-18(17)27-24)29-12-10-28(2)11-13-29/h4-9,14,25,31H,3,10-13,15H2,1-2H3,(H,26,27). The summed E-state index contributed by atoms with van der Waals surface area (Å²) in [5.41, 5.74) is 4.06. The van der Waals surface area contributed by atoms with E-state index in [4.69, 9.17) is 10.1 Å². The van der Waals surface area contributed by atoms with Crippen molar-refractivity contribution in [3.05, 3.63) is 54.0 Å². The average molecular weight is 433 g/mol. The van der Waals surface area contributed by atoms with E-state index in [-0.39, 0.29) is 18.1 Å². The van der Waals surface area contributed by atoms with Gasteiger partial charge < -0.3 is 29.5 Å². The Hall–Kier alpha value is -3.52. The van der Waals surface area contributed by atoms with Crippen molar-refractivity contribution in [1.82, 2.24) is 14.9 Å². The Balaban J connectivity index is 1.44. The molecule has 2 aromatic carbocycles. The summed E-state index contributed by atoms with van der Waals surface area (Å²) >= 11 is 0. The molecule has 1 fully saturated rings. The number of aliphatic hydroxyl groups is 1. The zero-order chi connectivity index (χ0) is 22.2. The smallest absolute Gasteiger partial charge is 0.145 e. The van der Waals surface area contributed by atoms with Crippen molar-refractivity contribution in [2.45, 2.75) is 6.92 Å². The average Bonchev–Trinajstić information content (AvgIpc) is 3.34. The zero-order valence-electron chi connectivity index (χ0n) is 18.4. The molecular formula is C24H28N6O2. The van der Waals surface area contributed by atoms with E-state index in [1.54, 1.807) is 4.90 Å². The van der Waals surface area contributed by atoms with Gasteiger partial charge in [-0.15, -0.1) is 0 Å². The highest BCUT2D eigenvalue weighted by Crippen LogP contribution is 2.36. The molecule has 3 N–H and O–H groups in total. The number of hydrogen-bond donors (Lipinski definition) is 3. The second-order valence-electron chi connectivity index (χ2n) is 8.23. The highest BCUT2D eigenvalue weighted by molar-refractivity contribution is 6.30. The van der Waals surface area contributed by atoms with Crippen LogP contribution in [-0.2, 0) is 0 Å². The largest absolute Gasteiger partial charge is 0.509 e. The van der Waals surface area contributed by atoms with E-state index in [2.05, 4.69) is 38.9 Å². The minimum atomic E-state index is 0.125. The number of aromatic amines is 1. The molecule has 0 bridgehead atoms. The minimum absolute atomic E-state index is 0.125. The summed E-state index contributed by atoms with van der Waals surface area (Å²) in [5, 5.41) is 19.5. The predicted molar refractivity (Wildman–Crippen MR) is 128 cm³/mol. The fraction of sp³-hybridized carbons (Fsp3) is 0.333. The van der Waals surface area contributed by atoms with Crippen LogP contribution in [0.2, 0.25) is 0 Å².